The van der Waals surface area contributed by atoms with Crippen LogP contribution in [-0.4, -0.2) is 35.8 Å². The molecule has 0 aromatic heterocycles. The predicted octanol–water partition coefficient (Wildman–Crippen LogP) is 1.16. The highest BCUT2D eigenvalue weighted by molar-refractivity contribution is 6.04. The summed E-state index contributed by atoms with van der Waals surface area (Å²) in [6.45, 7) is 1.30. The van der Waals surface area contributed by atoms with E-state index in [0.29, 0.717) is 13.0 Å². The normalized spacial score (nSPS) is 17.5. The molecule has 124 valence electrons. The van der Waals surface area contributed by atoms with E-state index in [9.17, 15) is 9.59 Å². The molecule has 0 bridgehead atoms. The minimum absolute atomic E-state index is 0.0380. The van der Waals surface area contributed by atoms with Crippen molar-refractivity contribution in [1.29, 1.82) is 0 Å². The zero-order valence-corrected chi connectivity index (χ0v) is 13.7. The fourth-order valence-electron chi connectivity index (χ4n) is 3.11. The highest BCUT2D eigenvalue weighted by Gasteiger charge is 2.40. The van der Waals surface area contributed by atoms with Gasteiger partial charge >= 0.3 is 0 Å². The largest absolute Gasteiger partial charge is 0.335 e. The van der Waals surface area contributed by atoms with Crippen LogP contribution in [0.5, 0.6) is 0 Å². The van der Waals surface area contributed by atoms with E-state index >= 15 is 0 Å². The van der Waals surface area contributed by atoms with Gasteiger partial charge in [0.2, 0.25) is 5.91 Å². The van der Waals surface area contributed by atoms with Gasteiger partial charge in [-0.2, -0.15) is 0 Å². The second kappa shape index (κ2) is 7.88. The van der Waals surface area contributed by atoms with Gasteiger partial charge in [-0.25, -0.2) is 0 Å². The number of imide groups is 1. The van der Waals surface area contributed by atoms with Crippen LogP contribution in [0, 0.1) is 0 Å². The topological polar surface area (TPSA) is 54.0 Å². The molecular weight excluding hydrogens is 300 g/mol. The van der Waals surface area contributed by atoms with E-state index < -0.39 is 0 Å². The van der Waals surface area contributed by atoms with E-state index in [4.69, 9.17) is 0 Å². The minimum atomic E-state index is -0.253. The van der Waals surface area contributed by atoms with Crippen LogP contribution in [0.1, 0.15) is 17.5 Å². The van der Waals surface area contributed by atoms with Crippen LogP contribution in [0.2, 0.25) is 0 Å². The zero-order chi connectivity index (χ0) is 16.8. The lowest BCUT2D eigenvalue weighted by Gasteiger charge is -2.14. The number of carbonyl (C=O) groups is 2. The van der Waals surface area contributed by atoms with Crippen LogP contribution >= 0.6 is 0 Å². The molecule has 2 amide bonds. The third-order valence-electron chi connectivity index (χ3n) is 4.47. The Bertz CT molecular complexity index is 685. The Labute approximate surface area is 142 Å². The summed E-state index contributed by atoms with van der Waals surface area (Å²) in [5.74, 6) is -0.0825. The summed E-state index contributed by atoms with van der Waals surface area (Å²) in [5.41, 5.74) is 2.40. The van der Waals surface area contributed by atoms with Crippen molar-refractivity contribution in [1.82, 2.24) is 4.90 Å². The first-order chi connectivity index (χ1) is 11.7. The fourth-order valence-corrected chi connectivity index (χ4v) is 3.11. The molecule has 0 radical (unpaired) electrons. The van der Waals surface area contributed by atoms with Gasteiger partial charge < -0.3 is 5.32 Å². The number of nitrogens with zero attached hydrogens (tertiary/aromatic N) is 1. The SMILES string of the molecule is O=C1C[C@H]([NH2+]CCc2ccccc2)C(=O)N1CCc1ccccc1. The first-order valence-electron chi connectivity index (χ1n) is 8.49. The monoisotopic (exact) mass is 323 g/mol. The van der Waals surface area contributed by atoms with Gasteiger partial charge in [0.15, 0.2) is 6.04 Å². The van der Waals surface area contributed by atoms with E-state index in [2.05, 4.69) is 12.1 Å². The molecular formula is C20H23N2O2+. The lowest BCUT2D eigenvalue weighted by atomic mass is 10.1. The standard InChI is InChI=1S/C20H22N2O2/c23-19-15-18(21-13-11-16-7-3-1-4-8-16)20(24)22(19)14-12-17-9-5-2-6-10-17/h1-10,18,21H,11-15H2/p+1/t18-/m0/s1. The minimum Gasteiger partial charge on any atom is -0.335 e. The molecule has 4 heteroatoms. The van der Waals surface area contributed by atoms with Gasteiger partial charge in [-0.05, 0) is 17.5 Å². The van der Waals surface area contributed by atoms with Gasteiger partial charge in [0.05, 0.1) is 13.0 Å². The van der Waals surface area contributed by atoms with Crippen LogP contribution < -0.4 is 5.32 Å². The maximum atomic E-state index is 12.5. The number of amides is 2. The maximum Gasteiger partial charge on any atom is 0.287 e. The van der Waals surface area contributed by atoms with Crippen molar-refractivity contribution in [2.75, 3.05) is 13.1 Å². The summed E-state index contributed by atoms with van der Waals surface area (Å²) in [4.78, 5) is 26.0. The Hall–Kier alpha value is -2.46. The number of hydrogen-bond acceptors (Lipinski definition) is 2. The zero-order valence-electron chi connectivity index (χ0n) is 13.7. The van der Waals surface area contributed by atoms with E-state index in [1.165, 1.54) is 10.5 Å². The van der Waals surface area contributed by atoms with Gasteiger partial charge in [0.25, 0.3) is 5.91 Å². The van der Waals surface area contributed by atoms with Crippen molar-refractivity contribution >= 4 is 11.8 Å². The van der Waals surface area contributed by atoms with E-state index in [1.54, 1.807) is 0 Å². The van der Waals surface area contributed by atoms with Gasteiger partial charge in [-0.1, -0.05) is 60.7 Å². The van der Waals surface area contributed by atoms with Gasteiger partial charge in [0.1, 0.15) is 0 Å². The second-order valence-corrected chi connectivity index (χ2v) is 6.19. The van der Waals surface area contributed by atoms with E-state index in [1.807, 2.05) is 53.8 Å². The summed E-state index contributed by atoms with van der Waals surface area (Å²) >= 11 is 0. The Morgan fingerprint density at radius 3 is 2.08 bits per heavy atom. The smallest absolute Gasteiger partial charge is 0.287 e. The van der Waals surface area contributed by atoms with E-state index in [-0.39, 0.29) is 17.9 Å². The Balaban J connectivity index is 1.48. The predicted molar refractivity (Wildman–Crippen MR) is 92.2 cm³/mol. The van der Waals surface area contributed by atoms with Crippen LogP contribution in [-0.2, 0) is 22.4 Å². The molecule has 1 aliphatic rings. The molecule has 24 heavy (non-hydrogen) atoms. The molecule has 4 nitrogen and oxygen atoms in total. The molecule has 0 saturated carbocycles. The quantitative estimate of drug-likeness (QED) is 0.778. The number of hydrogen-bond donors (Lipinski definition) is 1. The van der Waals surface area contributed by atoms with Crippen molar-refractivity contribution in [3.8, 4) is 0 Å². The number of carbonyl (C=O) groups excluding carboxylic acids is 2. The summed E-state index contributed by atoms with van der Waals surface area (Å²) in [6.07, 6.45) is 1.94. The van der Waals surface area contributed by atoms with Gasteiger partial charge in [0, 0.05) is 13.0 Å². The van der Waals surface area contributed by atoms with Crippen molar-refractivity contribution in [3.05, 3.63) is 71.8 Å². The average Bonchev–Trinajstić information content (AvgIpc) is 2.89. The Morgan fingerprint density at radius 1 is 0.875 bits per heavy atom. The lowest BCUT2D eigenvalue weighted by Crippen LogP contribution is -2.92. The van der Waals surface area contributed by atoms with E-state index in [0.717, 1.165) is 24.9 Å². The average molecular weight is 323 g/mol. The molecule has 2 aromatic carbocycles. The molecule has 0 aliphatic carbocycles. The van der Waals surface area contributed by atoms with Crippen LogP contribution in [0.25, 0.3) is 0 Å². The number of rotatable bonds is 7. The van der Waals surface area contributed by atoms with Crippen LogP contribution in [0.3, 0.4) is 0 Å². The Kier molecular flexibility index (Phi) is 5.39. The number of likely N-dealkylation sites (tertiary alicyclic amines) is 1. The summed E-state index contributed by atoms with van der Waals surface area (Å²) in [5, 5.41) is 2.01. The molecule has 1 atom stereocenters. The van der Waals surface area contributed by atoms with Crippen molar-refractivity contribution in [3.63, 3.8) is 0 Å². The highest BCUT2D eigenvalue weighted by atomic mass is 16.2. The highest BCUT2D eigenvalue weighted by Crippen LogP contribution is 2.12. The first-order valence-corrected chi connectivity index (χ1v) is 8.49. The molecule has 1 saturated heterocycles. The van der Waals surface area contributed by atoms with Crippen LogP contribution in [0.4, 0.5) is 0 Å². The van der Waals surface area contributed by atoms with Gasteiger partial charge in [-0.3, -0.25) is 14.5 Å². The summed E-state index contributed by atoms with van der Waals surface area (Å²) < 4.78 is 0. The molecule has 2 aromatic rings. The molecule has 0 unspecified atom stereocenters. The molecule has 1 heterocycles. The summed E-state index contributed by atoms with van der Waals surface area (Å²) in [6, 6.07) is 19.9. The molecule has 0 spiro atoms. The third-order valence-corrected chi connectivity index (χ3v) is 4.47. The maximum absolute atomic E-state index is 12.5. The number of nitrogens with two attached hydrogens (primary N) is 1. The van der Waals surface area contributed by atoms with Crippen molar-refractivity contribution in [2.45, 2.75) is 25.3 Å². The number of quaternary nitrogens is 1. The lowest BCUT2D eigenvalue weighted by molar-refractivity contribution is -0.674. The molecule has 1 aliphatic heterocycles. The third kappa shape index (κ3) is 4.09. The second-order valence-electron chi connectivity index (χ2n) is 6.19. The molecule has 3 rings (SSSR count). The summed E-state index contributed by atoms with van der Waals surface area (Å²) in [7, 11) is 0. The van der Waals surface area contributed by atoms with Crippen molar-refractivity contribution in [2.24, 2.45) is 0 Å². The molecule has 1 fully saturated rings. The first kappa shape index (κ1) is 16.4. The van der Waals surface area contributed by atoms with Crippen molar-refractivity contribution < 1.29 is 14.9 Å². The Morgan fingerprint density at radius 2 is 1.46 bits per heavy atom. The molecule has 2 N–H and O–H groups in total. The van der Waals surface area contributed by atoms with Crippen LogP contribution in [0.15, 0.2) is 60.7 Å². The van der Waals surface area contributed by atoms with Gasteiger partial charge in [-0.15, -0.1) is 0 Å². The fraction of sp³-hybridized carbons (Fsp3) is 0.300. The number of benzene rings is 2.